The van der Waals surface area contributed by atoms with Gasteiger partial charge in [0, 0.05) is 24.7 Å². The Balaban J connectivity index is 1.43. The maximum Gasteiger partial charge on any atom is 0.259 e. The second kappa shape index (κ2) is 10.8. The molecule has 34 heavy (non-hydrogen) atoms. The van der Waals surface area contributed by atoms with Crippen LogP contribution in [0, 0.1) is 5.92 Å². The van der Waals surface area contributed by atoms with Gasteiger partial charge in [-0.3, -0.25) is 14.4 Å². The highest BCUT2D eigenvalue weighted by Gasteiger charge is 2.33. The number of para-hydroxylation sites is 1. The zero-order valence-electron chi connectivity index (χ0n) is 18.9. The van der Waals surface area contributed by atoms with Crippen molar-refractivity contribution in [1.29, 1.82) is 0 Å². The summed E-state index contributed by atoms with van der Waals surface area (Å²) in [4.78, 5) is 44.2. The first-order chi connectivity index (χ1) is 16.5. The van der Waals surface area contributed by atoms with Gasteiger partial charge in [0.05, 0.1) is 30.0 Å². The van der Waals surface area contributed by atoms with Gasteiger partial charge in [0.1, 0.15) is 18.2 Å². The Morgan fingerprint density at radius 1 is 1.15 bits per heavy atom. The smallest absolute Gasteiger partial charge is 0.259 e. The van der Waals surface area contributed by atoms with E-state index in [0.717, 1.165) is 12.8 Å². The molecule has 1 saturated carbocycles. The summed E-state index contributed by atoms with van der Waals surface area (Å²) in [6.45, 7) is 1.28. The molecule has 10 heteroatoms. The van der Waals surface area contributed by atoms with Crippen molar-refractivity contribution < 1.29 is 23.9 Å². The molecule has 2 aromatic rings. The highest BCUT2D eigenvalue weighted by molar-refractivity contribution is 6.30. The van der Waals surface area contributed by atoms with Crippen molar-refractivity contribution in [3.8, 4) is 5.75 Å². The first-order valence-corrected chi connectivity index (χ1v) is 11.6. The Hall–Kier alpha value is -3.17. The van der Waals surface area contributed by atoms with Crippen molar-refractivity contribution in [1.82, 2.24) is 9.88 Å². The number of nitrogens with one attached hydrogen (secondary N) is 2. The SMILES string of the molecule is COc1cccc(C(=O)Nc2ccc(Cl)cn2)c1NC(=O)C1CCC(N2CCOCC2=O)CC1. The number of methoxy groups -OCH3 is 1. The van der Waals surface area contributed by atoms with Crippen LogP contribution in [0.5, 0.6) is 5.75 Å². The molecular formula is C24H27ClN4O5. The lowest BCUT2D eigenvalue weighted by Crippen LogP contribution is -2.49. The lowest BCUT2D eigenvalue weighted by atomic mass is 9.84. The molecule has 1 saturated heterocycles. The van der Waals surface area contributed by atoms with E-state index in [1.165, 1.54) is 13.3 Å². The number of morpholine rings is 1. The van der Waals surface area contributed by atoms with Crippen LogP contribution in [0.2, 0.25) is 5.02 Å². The van der Waals surface area contributed by atoms with Crippen LogP contribution in [-0.2, 0) is 14.3 Å². The van der Waals surface area contributed by atoms with Gasteiger partial charge < -0.3 is 25.0 Å². The molecule has 1 aliphatic carbocycles. The zero-order chi connectivity index (χ0) is 24.1. The number of hydrogen-bond donors (Lipinski definition) is 2. The fraction of sp³-hybridized carbons (Fsp3) is 0.417. The quantitative estimate of drug-likeness (QED) is 0.648. The van der Waals surface area contributed by atoms with Crippen LogP contribution in [-0.4, -0.2) is 60.5 Å². The van der Waals surface area contributed by atoms with E-state index in [1.807, 2.05) is 4.90 Å². The molecule has 2 N–H and O–H groups in total. The van der Waals surface area contributed by atoms with E-state index in [2.05, 4.69) is 15.6 Å². The van der Waals surface area contributed by atoms with Crippen LogP contribution in [0.1, 0.15) is 36.0 Å². The van der Waals surface area contributed by atoms with Gasteiger partial charge in [-0.15, -0.1) is 0 Å². The average Bonchev–Trinajstić information content (AvgIpc) is 2.86. The molecule has 0 bridgehead atoms. The van der Waals surface area contributed by atoms with Crippen molar-refractivity contribution in [3.63, 3.8) is 0 Å². The maximum absolute atomic E-state index is 13.1. The number of carbonyl (C=O) groups is 3. The third-order valence-corrected chi connectivity index (χ3v) is 6.46. The molecule has 4 rings (SSSR count). The summed E-state index contributed by atoms with van der Waals surface area (Å²) >= 11 is 5.86. The number of hydrogen-bond acceptors (Lipinski definition) is 6. The number of rotatable bonds is 6. The molecule has 1 aromatic heterocycles. The summed E-state index contributed by atoms with van der Waals surface area (Å²) in [5.41, 5.74) is 0.573. The highest BCUT2D eigenvalue weighted by atomic mass is 35.5. The zero-order valence-corrected chi connectivity index (χ0v) is 19.6. The molecular weight excluding hydrogens is 460 g/mol. The van der Waals surface area contributed by atoms with Crippen molar-refractivity contribution in [3.05, 3.63) is 47.1 Å². The van der Waals surface area contributed by atoms with Gasteiger partial charge in [-0.05, 0) is 49.9 Å². The molecule has 2 aliphatic rings. The second-order valence-corrected chi connectivity index (χ2v) is 8.77. The van der Waals surface area contributed by atoms with E-state index in [-0.39, 0.29) is 35.9 Å². The average molecular weight is 487 g/mol. The molecule has 1 aromatic carbocycles. The summed E-state index contributed by atoms with van der Waals surface area (Å²) in [7, 11) is 1.48. The fourth-order valence-corrected chi connectivity index (χ4v) is 4.56. The lowest BCUT2D eigenvalue weighted by Gasteiger charge is -2.38. The Kier molecular flexibility index (Phi) is 7.64. The molecule has 1 aliphatic heterocycles. The summed E-state index contributed by atoms with van der Waals surface area (Å²) < 4.78 is 10.6. The number of ether oxygens (including phenoxy) is 2. The predicted octanol–water partition coefficient (Wildman–Crippen LogP) is 3.35. The van der Waals surface area contributed by atoms with E-state index in [9.17, 15) is 14.4 Å². The standard InChI is InChI=1S/C24H27ClN4O5/c1-33-19-4-2-3-18(24(32)27-20-10-7-16(25)13-26-20)22(19)28-23(31)15-5-8-17(9-6-15)29-11-12-34-14-21(29)30/h2-4,7,10,13,15,17H,5-6,8-9,11-12,14H2,1H3,(H,28,31)(H,26,27,32). The van der Waals surface area contributed by atoms with E-state index < -0.39 is 5.91 Å². The van der Waals surface area contributed by atoms with E-state index in [4.69, 9.17) is 21.1 Å². The number of halogens is 1. The van der Waals surface area contributed by atoms with Crippen LogP contribution < -0.4 is 15.4 Å². The summed E-state index contributed by atoms with van der Waals surface area (Å²) in [6.07, 6.45) is 4.27. The Morgan fingerprint density at radius 2 is 1.94 bits per heavy atom. The van der Waals surface area contributed by atoms with E-state index >= 15 is 0 Å². The van der Waals surface area contributed by atoms with Crippen molar-refractivity contribution in [2.24, 2.45) is 5.92 Å². The summed E-state index contributed by atoms with van der Waals surface area (Å²) in [5, 5.41) is 6.08. The Labute approximate surface area is 202 Å². The molecule has 2 heterocycles. The number of amides is 3. The minimum Gasteiger partial charge on any atom is -0.495 e. The molecule has 0 spiro atoms. The van der Waals surface area contributed by atoms with Crippen LogP contribution in [0.4, 0.5) is 11.5 Å². The number of nitrogens with zero attached hydrogens (tertiary/aromatic N) is 2. The Morgan fingerprint density at radius 3 is 2.62 bits per heavy atom. The van der Waals surface area contributed by atoms with Gasteiger partial charge >= 0.3 is 0 Å². The molecule has 2 fully saturated rings. The highest BCUT2D eigenvalue weighted by Crippen LogP contribution is 2.33. The molecule has 180 valence electrons. The van der Waals surface area contributed by atoms with Crippen LogP contribution >= 0.6 is 11.6 Å². The number of benzene rings is 1. The second-order valence-electron chi connectivity index (χ2n) is 8.33. The van der Waals surface area contributed by atoms with Gasteiger partial charge in [0.25, 0.3) is 5.91 Å². The fourth-order valence-electron chi connectivity index (χ4n) is 4.44. The largest absolute Gasteiger partial charge is 0.495 e. The van der Waals surface area contributed by atoms with Gasteiger partial charge in [-0.25, -0.2) is 4.98 Å². The third kappa shape index (κ3) is 5.48. The number of pyridine rings is 1. The van der Waals surface area contributed by atoms with Gasteiger partial charge in [-0.2, -0.15) is 0 Å². The topological polar surface area (TPSA) is 110 Å². The first-order valence-electron chi connectivity index (χ1n) is 11.2. The van der Waals surface area contributed by atoms with Crippen molar-refractivity contribution >= 4 is 40.8 Å². The monoisotopic (exact) mass is 486 g/mol. The number of anilines is 2. The van der Waals surface area contributed by atoms with Crippen molar-refractivity contribution in [2.45, 2.75) is 31.7 Å². The van der Waals surface area contributed by atoms with Gasteiger partial charge in [0.15, 0.2) is 0 Å². The normalized spacial score (nSPS) is 20.5. The van der Waals surface area contributed by atoms with Crippen LogP contribution in [0.25, 0.3) is 0 Å². The number of aromatic nitrogens is 1. The molecule has 0 radical (unpaired) electrons. The predicted molar refractivity (Wildman–Crippen MR) is 127 cm³/mol. The minimum absolute atomic E-state index is 0.0130. The molecule has 0 unspecified atom stereocenters. The molecule has 0 atom stereocenters. The molecule has 9 nitrogen and oxygen atoms in total. The van der Waals surface area contributed by atoms with Crippen LogP contribution in [0.15, 0.2) is 36.5 Å². The van der Waals surface area contributed by atoms with E-state index in [1.54, 1.807) is 30.3 Å². The Bertz CT molecular complexity index is 1050. The van der Waals surface area contributed by atoms with Gasteiger partial charge in [0.2, 0.25) is 11.8 Å². The van der Waals surface area contributed by atoms with Crippen molar-refractivity contribution in [2.75, 3.05) is 37.5 Å². The maximum atomic E-state index is 13.1. The first kappa shape index (κ1) is 24.0. The minimum atomic E-state index is -0.432. The number of carbonyl (C=O) groups excluding carboxylic acids is 3. The third-order valence-electron chi connectivity index (χ3n) is 6.24. The van der Waals surface area contributed by atoms with E-state index in [0.29, 0.717) is 48.3 Å². The van der Waals surface area contributed by atoms with Gasteiger partial charge in [-0.1, -0.05) is 17.7 Å². The molecule has 3 amide bonds. The summed E-state index contributed by atoms with van der Waals surface area (Å²) in [5.74, 6) is -0.0817. The lowest BCUT2D eigenvalue weighted by molar-refractivity contribution is -0.146. The summed E-state index contributed by atoms with van der Waals surface area (Å²) in [6, 6.07) is 8.34. The van der Waals surface area contributed by atoms with Crippen LogP contribution in [0.3, 0.4) is 0 Å².